The van der Waals surface area contributed by atoms with Crippen molar-refractivity contribution in [1.82, 2.24) is 9.88 Å². The zero-order valence-corrected chi connectivity index (χ0v) is 13.7. The second kappa shape index (κ2) is 5.32. The fraction of sp³-hybridized carbons (Fsp3) is 0.529. The minimum atomic E-state index is 0.176. The molecule has 116 valence electrons. The van der Waals surface area contributed by atoms with Crippen LogP contribution in [-0.2, 0) is 4.74 Å². The van der Waals surface area contributed by atoms with Crippen molar-refractivity contribution in [3.8, 4) is 0 Å². The smallest absolute Gasteiger partial charge is 0.254 e. The van der Waals surface area contributed by atoms with Crippen LogP contribution < -0.4 is 0 Å². The van der Waals surface area contributed by atoms with Crippen LogP contribution in [0.3, 0.4) is 0 Å². The molecule has 1 amide bonds. The number of piperidine rings is 1. The molecule has 2 atom stereocenters. The number of carbonyl (C=O) groups is 1. The number of rotatable bonds is 2. The van der Waals surface area contributed by atoms with Gasteiger partial charge in [0.2, 0.25) is 0 Å². The van der Waals surface area contributed by atoms with Crippen LogP contribution in [0.25, 0.3) is 10.2 Å². The molecule has 2 fully saturated rings. The van der Waals surface area contributed by atoms with Gasteiger partial charge in [-0.05, 0) is 50.8 Å². The van der Waals surface area contributed by atoms with Gasteiger partial charge in [-0.2, -0.15) is 0 Å². The average Bonchev–Trinajstić information content (AvgIpc) is 3.01. The minimum absolute atomic E-state index is 0.176. The van der Waals surface area contributed by atoms with E-state index >= 15 is 0 Å². The number of benzene rings is 1. The van der Waals surface area contributed by atoms with E-state index in [2.05, 4.69) is 9.88 Å². The first-order valence-electron chi connectivity index (χ1n) is 7.88. The molecule has 2 aromatic rings. The first kappa shape index (κ1) is 14.2. The molecular weight excluding hydrogens is 296 g/mol. The second-order valence-corrected chi connectivity index (χ2v) is 7.58. The lowest BCUT2D eigenvalue weighted by Crippen LogP contribution is -2.48. The summed E-state index contributed by atoms with van der Waals surface area (Å²) in [6.45, 7) is 2.00. The van der Waals surface area contributed by atoms with Crippen LogP contribution in [0.2, 0.25) is 0 Å². The molecule has 22 heavy (non-hydrogen) atoms. The molecule has 2 saturated heterocycles. The van der Waals surface area contributed by atoms with Gasteiger partial charge in [-0.25, -0.2) is 4.98 Å². The molecule has 0 radical (unpaired) electrons. The SMILES string of the molecule is COC1CC2CCC(C1)N2C(=O)c1ccc2nc(C)sc2c1. The lowest BCUT2D eigenvalue weighted by Gasteiger charge is -2.38. The van der Waals surface area contributed by atoms with Crippen LogP contribution >= 0.6 is 11.3 Å². The molecular formula is C17H20N2O2S. The Hall–Kier alpha value is -1.46. The summed E-state index contributed by atoms with van der Waals surface area (Å²) in [5, 5.41) is 1.04. The number of carbonyl (C=O) groups excluding carboxylic acids is 1. The van der Waals surface area contributed by atoms with Crippen molar-refractivity contribution in [3.05, 3.63) is 28.8 Å². The van der Waals surface area contributed by atoms with E-state index in [0.29, 0.717) is 18.2 Å². The Morgan fingerprint density at radius 3 is 2.73 bits per heavy atom. The minimum Gasteiger partial charge on any atom is -0.381 e. The van der Waals surface area contributed by atoms with Gasteiger partial charge in [0.1, 0.15) is 0 Å². The van der Waals surface area contributed by atoms with Crippen molar-refractivity contribution in [2.45, 2.75) is 50.8 Å². The number of aryl methyl sites for hydroxylation is 1. The fourth-order valence-corrected chi connectivity index (χ4v) is 4.84. The van der Waals surface area contributed by atoms with Crippen LogP contribution in [0.4, 0.5) is 0 Å². The molecule has 4 rings (SSSR count). The van der Waals surface area contributed by atoms with Gasteiger partial charge in [0.15, 0.2) is 0 Å². The first-order valence-corrected chi connectivity index (χ1v) is 8.70. The van der Waals surface area contributed by atoms with Gasteiger partial charge in [-0.15, -0.1) is 11.3 Å². The highest BCUT2D eigenvalue weighted by molar-refractivity contribution is 7.18. The number of fused-ring (bicyclic) bond motifs is 3. The summed E-state index contributed by atoms with van der Waals surface area (Å²) in [4.78, 5) is 19.6. The number of nitrogens with zero attached hydrogens (tertiary/aromatic N) is 2. The predicted octanol–water partition coefficient (Wildman–Crippen LogP) is 3.39. The zero-order valence-electron chi connectivity index (χ0n) is 12.9. The van der Waals surface area contributed by atoms with Crippen molar-refractivity contribution in [3.63, 3.8) is 0 Å². The molecule has 1 aromatic heterocycles. The molecule has 2 bridgehead atoms. The molecule has 2 aliphatic rings. The maximum Gasteiger partial charge on any atom is 0.254 e. The zero-order chi connectivity index (χ0) is 15.3. The molecule has 0 N–H and O–H groups in total. The summed E-state index contributed by atoms with van der Waals surface area (Å²) in [7, 11) is 1.78. The summed E-state index contributed by atoms with van der Waals surface area (Å²) in [5.74, 6) is 0.176. The average molecular weight is 316 g/mol. The Bertz CT molecular complexity index is 713. The Morgan fingerprint density at radius 1 is 1.32 bits per heavy atom. The predicted molar refractivity (Wildman–Crippen MR) is 87.4 cm³/mol. The lowest BCUT2D eigenvalue weighted by molar-refractivity contribution is 0.00823. The number of hydrogen-bond acceptors (Lipinski definition) is 4. The van der Waals surface area contributed by atoms with E-state index in [-0.39, 0.29) is 5.91 Å². The van der Waals surface area contributed by atoms with Crippen LogP contribution in [0.1, 0.15) is 41.0 Å². The van der Waals surface area contributed by atoms with Crippen LogP contribution in [0.5, 0.6) is 0 Å². The van der Waals surface area contributed by atoms with Crippen LogP contribution in [-0.4, -0.2) is 41.1 Å². The van der Waals surface area contributed by atoms with Gasteiger partial charge in [0.25, 0.3) is 5.91 Å². The van der Waals surface area contributed by atoms with Gasteiger partial charge in [0.05, 0.1) is 21.3 Å². The monoisotopic (exact) mass is 316 g/mol. The maximum absolute atomic E-state index is 13.0. The largest absolute Gasteiger partial charge is 0.381 e. The van der Waals surface area contributed by atoms with E-state index < -0.39 is 0 Å². The van der Waals surface area contributed by atoms with Gasteiger partial charge in [-0.3, -0.25) is 4.79 Å². The fourth-order valence-electron chi connectivity index (χ4n) is 3.97. The van der Waals surface area contributed by atoms with Crippen molar-refractivity contribution in [2.24, 2.45) is 0 Å². The highest BCUT2D eigenvalue weighted by Crippen LogP contribution is 2.38. The molecule has 5 heteroatoms. The van der Waals surface area contributed by atoms with Gasteiger partial charge in [-0.1, -0.05) is 0 Å². The first-order chi connectivity index (χ1) is 10.7. The van der Waals surface area contributed by atoms with E-state index in [1.165, 1.54) is 0 Å². The van der Waals surface area contributed by atoms with E-state index in [4.69, 9.17) is 4.74 Å². The third kappa shape index (κ3) is 2.23. The Kier molecular flexibility index (Phi) is 3.42. The molecule has 2 unspecified atom stereocenters. The summed E-state index contributed by atoms with van der Waals surface area (Å²) in [6, 6.07) is 6.58. The maximum atomic E-state index is 13.0. The standard InChI is InChI=1S/C17H20N2O2S/c1-10-18-15-6-3-11(7-16(15)22-10)17(20)19-12-4-5-13(19)9-14(8-12)21-2/h3,6-7,12-14H,4-5,8-9H2,1-2H3. The third-order valence-corrected chi connectivity index (χ3v) is 5.93. The van der Waals surface area contributed by atoms with Gasteiger partial charge < -0.3 is 9.64 Å². The quantitative estimate of drug-likeness (QED) is 0.853. The summed E-state index contributed by atoms with van der Waals surface area (Å²) in [5.41, 5.74) is 1.78. The number of ether oxygens (including phenoxy) is 1. The van der Waals surface area contributed by atoms with Crippen molar-refractivity contribution < 1.29 is 9.53 Å². The van der Waals surface area contributed by atoms with E-state index in [1.54, 1.807) is 18.4 Å². The summed E-state index contributed by atoms with van der Waals surface area (Å²) in [6.07, 6.45) is 4.48. The number of thiazole rings is 1. The Labute approximate surface area is 134 Å². The number of aromatic nitrogens is 1. The van der Waals surface area contributed by atoms with Gasteiger partial charge in [0, 0.05) is 24.8 Å². The lowest BCUT2D eigenvalue weighted by atomic mass is 9.98. The van der Waals surface area contributed by atoms with Crippen molar-refractivity contribution >= 4 is 27.5 Å². The molecule has 0 saturated carbocycles. The Balaban J connectivity index is 1.63. The molecule has 0 spiro atoms. The van der Waals surface area contributed by atoms with E-state index in [9.17, 15) is 4.79 Å². The molecule has 1 aromatic carbocycles. The topological polar surface area (TPSA) is 42.4 Å². The molecule has 3 heterocycles. The second-order valence-electron chi connectivity index (χ2n) is 6.34. The number of amides is 1. The molecule has 4 nitrogen and oxygen atoms in total. The summed E-state index contributed by atoms with van der Waals surface area (Å²) < 4.78 is 6.62. The van der Waals surface area contributed by atoms with E-state index in [0.717, 1.165) is 46.5 Å². The highest BCUT2D eigenvalue weighted by Gasteiger charge is 2.43. The van der Waals surface area contributed by atoms with Crippen LogP contribution in [0, 0.1) is 6.92 Å². The number of hydrogen-bond donors (Lipinski definition) is 0. The highest BCUT2D eigenvalue weighted by atomic mass is 32.1. The number of methoxy groups -OCH3 is 1. The van der Waals surface area contributed by atoms with Gasteiger partial charge >= 0.3 is 0 Å². The van der Waals surface area contributed by atoms with Crippen molar-refractivity contribution in [1.29, 1.82) is 0 Å². The molecule has 0 aliphatic carbocycles. The molecule has 2 aliphatic heterocycles. The summed E-state index contributed by atoms with van der Waals surface area (Å²) >= 11 is 1.65. The Morgan fingerprint density at radius 2 is 2.05 bits per heavy atom. The third-order valence-electron chi connectivity index (χ3n) is 5.00. The van der Waals surface area contributed by atoms with Crippen LogP contribution in [0.15, 0.2) is 18.2 Å². The normalized spacial score (nSPS) is 27.5. The van der Waals surface area contributed by atoms with E-state index in [1.807, 2.05) is 25.1 Å². The van der Waals surface area contributed by atoms with Crippen molar-refractivity contribution in [2.75, 3.05) is 7.11 Å².